The fraction of sp³-hybridized carbons (Fsp3) is 0.269. The summed E-state index contributed by atoms with van der Waals surface area (Å²) < 4.78 is 31.9. The van der Waals surface area contributed by atoms with Crippen LogP contribution in [0.2, 0.25) is 0 Å². The van der Waals surface area contributed by atoms with E-state index >= 15 is 4.39 Å². The Bertz CT molecular complexity index is 1220. The van der Waals surface area contributed by atoms with Gasteiger partial charge in [-0.2, -0.15) is 5.26 Å². The van der Waals surface area contributed by atoms with Gasteiger partial charge >= 0.3 is 5.97 Å². The van der Waals surface area contributed by atoms with Crippen LogP contribution in [0.5, 0.6) is 5.88 Å². The fourth-order valence-electron chi connectivity index (χ4n) is 3.75. The molecule has 4 bridgehead atoms. The van der Waals surface area contributed by atoms with E-state index in [4.69, 9.17) is 14.2 Å². The van der Waals surface area contributed by atoms with Crippen LogP contribution in [0.15, 0.2) is 48.5 Å². The van der Waals surface area contributed by atoms with Crippen LogP contribution < -0.4 is 4.74 Å². The first-order chi connectivity index (χ1) is 16.1. The standard InChI is InChI=1S/C26H23FN2O4/c1-2-32-26(30)13-20-12-23(27)22-11-18(20)8-9-31-15-21-10-17(14-28)6-7-19(21)16-33-25-5-3-4-24(22)29-25/h3-7,10-12H,2,8-9,13,15-16H2,1H3. The van der Waals surface area contributed by atoms with Crippen LogP contribution in [0, 0.1) is 17.1 Å². The van der Waals surface area contributed by atoms with E-state index in [1.165, 1.54) is 6.07 Å². The van der Waals surface area contributed by atoms with Crippen molar-refractivity contribution in [1.82, 2.24) is 4.98 Å². The molecule has 2 aromatic carbocycles. The molecule has 0 radical (unpaired) electrons. The van der Waals surface area contributed by atoms with Crippen LogP contribution in [0.25, 0.3) is 11.3 Å². The highest BCUT2D eigenvalue weighted by molar-refractivity contribution is 5.74. The maximum Gasteiger partial charge on any atom is 0.310 e. The minimum absolute atomic E-state index is 0.0225. The van der Waals surface area contributed by atoms with Gasteiger partial charge in [-0.25, -0.2) is 9.37 Å². The number of carbonyl (C=O) groups excluding carboxylic acids is 1. The second-order valence-corrected chi connectivity index (χ2v) is 7.63. The summed E-state index contributed by atoms with van der Waals surface area (Å²) in [5.74, 6) is -0.518. The van der Waals surface area contributed by atoms with Crippen molar-refractivity contribution >= 4 is 5.97 Å². The monoisotopic (exact) mass is 446 g/mol. The van der Waals surface area contributed by atoms with Gasteiger partial charge in [0.2, 0.25) is 5.88 Å². The number of ether oxygens (including phenoxy) is 3. The van der Waals surface area contributed by atoms with Crippen molar-refractivity contribution < 1.29 is 23.4 Å². The Balaban J connectivity index is 1.73. The molecule has 0 fully saturated rings. The van der Waals surface area contributed by atoms with Gasteiger partial charge in [0, 0.05) is 11.6 Å². The number of nitrogens with zero attached hydrogens (tertiary/aromatic N) is 2. The Morgan fingerprint density at radius 1 is 1.15 bits per heavy atom. The third kappa shape index (κ3) is 5.36. The summed E-state index contributed by atoms with van der Waals surface area (Å²) >= 11 is 0. The average Bonchev–Trinajstić information content (AvgIpc) is 2.81. The number of nitriles is 1. The Morgan fingerprint density at radius 2 is 2.03 bits per heavy atom. The van der Waals surface area contributed by atoms with Crippen molar-refractivity contribution in [2.24, 2.45) is 0 Å². The van der Waals surface area contributed by atoms with E-state index in [1.807, 2.05) is 6.07 Å². The van der Waals surface area contributed by atoms with Crippen molar-refractivity contribution in [2.45, 2.75) is 33.0 Å². The highest BCUT2D eigenvalue weighted by atomic mass is 19.1. The minimum Gasteiger partial charge on any atom is -0.473 e. The summed E-state index contributed by atoms with van der Waals surface area (Å²) in [5.41, 5.74) is 4.39. The molecule has 0 saturated carbocycles. The number of fused-ring (bicyclic) bond motifs is 6. The quantitative estimate of drug-likeness (QED) is 0.551. The maximum atomic E-state index is 15.0. The molecular weight excluding hydrogens is 423 g/mol. The smallest absolute Gasteiger partial charge is 0.310 e. The van der Waals surface area contributed by atoms with Gasteiger partial charge in [-0.15, -0.1) is 0 Å². The van der Waals surface area contributed by atoms with E-state index in [-0.39, 0.29) is 19.6 Å². The SMILES string of the molecule is CCOC(=O)Cc1cc(F)c2cc1CCOCc1cc(C#N)ccc1COc1cccc-2n1. The minimum atomic E-state index is -0.468. The van der Waals surface area contributed by atoms with E-state index in [0.717, 1.165) is 16.7 Å². The van der Waals surface area contributed by atoms with Crippen molar-refractivity contribution in [3.8, 4) is 23.2 Å². The topological polar surface area (TPSA) is 81.4 Å². The van der Waals surface area contributed by atoms with Gasteiger partial charge in [0.25, 0.3) is 0 Å². The van der Waals surface area contributed by atoms with Gasteiger partial charge in [0.15, 0.2) is 0 Å². The van der Waals surface area contributed by atoms with Crippen LogP contribution >= 0.6 is 0 Å². The van der Waals surface area contributed by atoms with Gasteiger partial charge in [-0.05, 0) is 65.9 Å². The van der Waals surface area contributed by atoms with Crippen LogP contribution in [0.3, 0.4) is 0 Å². The number of halogens is 1. The Morgan fingerprint density at radius 3 is 2.85 bits per heavy atom. The molecule has 33 heavy (non-hydrogen) atoms. The zero-order valence-corrected chi connectivity index (χ0v) is 18.3. The molecule has 4 rings (SSSR count). The number of benzene rings is 2. The summed E-state index contributed by atoms with van der Waals surface area (Å²) in [6, 6.07) is 15.8. The molecule has 1 aliphatic heterocycles. The number of pyridine rings is 1. The second-order valence-electron chi connectivity index (χ2n) is 7.63. The largest absolute Gasteiger partial charge is 0.473 e. The first kappa shape index (κ1) is 22.4. The maximum absolute atomic E-state index is 15.0. The first-order valence-corrected chi connectivity index (χ1v) is 10.7. The zero-order chi connectivity index (χ0) is 23.2. The Hall–Kier alpha value is -3.76. The number of carbonyl (C=O) groups is 1. The summed E-state index contributed by atoms with van der Waals surface area (Å²) in [5, 5.41) is 9.25. The van der Waals surface area contributed by atoms with Gasteiger partial charge in [0.1, 0.15) is 12.4 Å². The lowest BCUT2D eigenvalue weighted by molar-refractivity contribution is -0.142. The summed E-state index contributed by atoms with van der Waals surface area (Å²) in [6.45, 7) is 2.89. The number of esters is 1. The molecule has 0 saturated heterocycles. The Kier molecular flexibility index (Phi) is 6.96. The van der Waals surface area contributed by atoms with E-state index in [2.05, 4.69) is 11.1 Å². The van der Waals surface area contributed by atoms with E-state index in [0.29, 0.717) is 47.9 Å². The molecule has 2 heterocycles. The van der Waals surface area contributed by atoms with Crippen LogP contribution in [0.4, 0.5) is 4.39 Å². The predicted octanol–water partition coefficient (Wildman–Crippen LogP) is 4.52. The molecule has 3 aromatic rings. The molecule has 7 heteroatoms. The van der Waals surface area contributed by atoms with E-state index in [1.54, 1.807) is 43.3 Å². The number of aromatic nitrogens is 1. The van der Waals surface area contributed by atoms with Crippen molar-refractivity contribution in [3.63, 3.8) is 0 Å². The van der Waals surface area contributed by atoms with Crippen molar-refractivity contribution in [1.29, 1.82) is 5.26 Å². The predicted molar refractivity (Wildman–Crippen MR) is 119 cm³/mol. The lowest BCUT2D eigenvalue weighted by Gasteiger charge is -2.16. The van der Waals surface area contributed by atoms with Crippen molar-refractivity contribution in [3.05, 3.63) is 82.2 Å². The molecule has 1 aliphatic rings. The molecule has 0 aliphatic carbocycles. The lowest BCUT2D eigenvalue weighted by atomic mass is 9.97. The number of hydrogen-bond donors (Lipinski definition) is 0. The van der Waals surface area contributed by atoms with Gasteiger partial charge in [-0.3, -0.25) is 4.79 Å². The molecule has 168 valence electrons. The fourth-order valence-corrected chi connectivity index (χ4v) is 3.75. The first-order valence-electron chi connectivity index (χ1n) is 10.7. The van der Waals surface area contributed by atoms with Gasteiger partial charge in [0.05, 0.1) is 43.6 Å². The average molecular weight is 446 g/mol. The Labute approximate surface area is 191 Å². The lowest BCUT2D eigenvalue weighted by Crippen LogP contribution is -2.12. The third-order valence-electron chi connectivity index (χ3n) is 5.41. The molecule has 0 unspecified atom stereocenters. The highest BCUT2D eigenvalue weighted by Crippen LogP contribution is 2.28. The number of rotatable bonds is 3. The van der Waals surface area contributed by atoms with Gasteiger partial charge in [-0.1, -0.05) is 12.1 Å². The molecule has 1 aromatic heterocycles. The van der Waals surface area contributed by atoms with Crippen LogP contribution in [-0.2, 0) is 40.3 Å². The number of hydrogen-bond acceptors (Lipinski definition) is 6. The third-order valence-corrected chi connectivity index (χ3v) is 5.41. The molecular formula is C26H23FN2O4. The summed E-state index contributed by atoms with van der Waals surface area (Å²) in [4.78, 5) is 16.5. The van der Waals surface area contributed by atoms with Crippen LogP contribution in [0.1, 0.15) is 34.7 Å². The normalized spacial score (nSPS) is 13.1. The zero-order valence-electron chi connectivity index (χ0n) is 18.3. The van der Waals surface area contributed by atoms with Gasteiger partial charge < -0.3 is 14.2 Å². The second kappa shape index (κ2) is 10.2. The molecule has 0 amide bonds. The van der Waals surface area contributed by atoms with E-state index < -0.39 is 11.8 Å². The molecule has 0 N–H and O–H groups in total. The van der Waals surface area contributed by atoms with E-state index in [9.17, 15) is 10.1 Å². The van der Waals surface area contributed by atoms with Crippen LogP contribution in [-0.4, -0.2) is 24.2 Å². The highest BCUT2D eigenvalue weighted by Gasteiger charge is 2.17. The summed E-state index contributed by atoms with van der Waals surface area (Å²) in [6.07, 6.45) is 0.455. The molecule has 6 nitrogen and oxygen atoms in total. The molecule has 0 spiro atoms. The van der Waals surface area contributed by atoms with Crippen molar-refractivity contribution in [2.75, 3.05) is 13.2 Å². The summed E-state index contributed by atoms with van der Waals surface area (Å²) in [7, 11) is 0. The molecule has 0 atom stereocenters.